The molecule has 1 aliphatic rings. The lowest BCUT2D eigenvalue weighted by Crippen LogP contribution is -1.98. The highest BCUT2D eigenvalue weighted by Gasteiger charge is 2.16. The molecule has 0 bridgehead atoms. The molecule has 0 N–H and O–H groups in total. The van der Waals surface area contributed by atoms with Crippen LogP contribution in [0.15, 0.2) is 126 Å². The lowest BCUT2D eigenvalue weighted by atomic mass is 9.97. The van der Waals surface area contributed by atoms with E-state index < -0.39 is 0 Å². The summed E-state index contributed by atoms with van der Waals surface area (Å²) in [6.45, 7) is 6.41. The molecule has 4 aromatic carbocycles. The monoisotopic (exact) mass is 503 g/mol. The summed E-state index contributed by atoms with van der Waals surface area (Å²) in [6.07, 6.45) is 13.1. The van der Waals surface area contributed by atoms with Crippen molar-refractivity contribution in [2.45, 2.75) is 19.8 Å². The van der Waals surface area contributed by atoms with E-state index in [0.29, 0.717) is 0 Å². The molecule has 2 aromatic heterocycles. The van der Waals surface area contributed by atoms with E-state index in [1.165, 1.54) is 39.0 Å². The first-order valence-electron chi connectivity index (χ1n) is 13.5. The van der Waals surface area contributed by atoms with E-state index in [1.807, 2.05) is 18.2 Å². The largest absolute Gasteiger partial charge is 0.456 e. The number of hydrogen-bond donors (Lipinski definition) is 0. The van der Waals surface area contributed by atoms with Crippen LogP contribution in [0.25, 0.3) is 55.8 Å². The Balaban J connectivity index is 1.38. The number of benzene rings is 4. The summed E-state index contributed by atoms with van der Waals surface area (Å²) in [6, 6.07) is 32.2. The third-order valence-corrected chi connectivity index (χ3v) is 7.88. The summed E-state index contributed by atoms with van der Waals surface area (Å²) < 4.78 is 8.45. The maximum Gasteiger partial charge on any atom is 0.135 e. The Morgan fingerprint density at radius 1 is 0.846 bits per heavy atom. The van der Waals surface area contributed by atoms with Gasteiger partial charge in [0.15, 0.2) is 0 Å². The summed E-state index contributed by atoms with van der Waals surface area (Å²) >= 11 is 0. The van der Waals surface area contributed by atoms with Gasteiger partial charge in [-0.1, -0.05) is 85.5 Å². The summed E-state index contributed by atoms with van der Waals surface area (Å²) in [5, 5.41) is 3.49. The lowest BCUT2D eigenvalue weighted by Gasteiger charge is -2.13. The molecule has 0 radical (unpaired) electrons. The predicted molar refractivity (Wildman–Crippen MR) is 166 cm³/mol. The van der Waals surface area contributed by atoms with E-state index in [0.717, 1.165) is 45.9 Å². The van der Waals surface area contributed by atoms with Gasteiger partial charge in [-0.15, -0.1) is 0 Å². The van der Waals surface area contributed by atoms with Crippen molar-refractivity contribution in [1.82, 2.24) is 4.57 Å². The second kappa shape index (κ2) is 9.49. The van der Waals surface area contributed by atoms with Crippen molar-refractivity contribution >= 4 is 50.1 Å². The van der Waals surface area contributed by atoms with Gasteiger partial charge in [0.25, 0.3) is 0 Å². The van der Waals surface area contributed by atoms with E-state index in [1.54, 1.807) is 0 Å². The van der Waals surface area contributed by atoms with Crippen molar-refractivity contribution in [3.8, 4) is 5.69 Å². The summed E-state index contributed by atoms with van der Waals surface area (Å²) in [7, 11) is 0. The maximum absolute atomic E-state index is 6.07. The van der Waals surface area contributed by atoms with Gasteiger partial charge in [-0.05, 0) is 84.5 Å². The average molecular weight is 504 g/mol. The zero-order valence-corrected chi connectivity index (χ0v) is 22.0. The highest BCUT2D eigenvalue weighted by atomic mass is 16.3. The number of fused-ring (bicyclic) bond motifs is 4. The van der Waals surface area contributed by atoms with Gasteiger partial charge >= 0.3 is 0 Å². The van der Waals surface area contributed by atoms with Gasteiger partial charge in [-0.3, -0.25) is 0 Å². The molecule has 2 heterocycles. The van der Waals surface area contributed by atoms with Crippen LogP contribution in [0.2, 0.25) is 0 Å². The van der Waals surface area contributed by atoms with Gasteiger partial charge in [0.2, 0.25) is 0 Å². The van der Waals surface area contributed by atoms with E-state index in [2.05, 4.69) is 121 Å². The molecule has 188 valence electrons. The summed E-state index contributed by atoms with van der Waals surface area (Å²) in [4.78, 5) is 0. The van der Waals surface area contributed by atoms with E-state index in [-0.39, 0.29) is 0 Å². The average Bonchev–Trinajstić information content (AvgIpc) is 3.50. The summed E-state index contributed by atoms with van der Waals surface area (Å²) in [5.74, 6) is 0. The molecule has 0 saturated heterocycles. The van der Waals surface area contributed by atoms with Crippen LogP contribution in [-0.4, -0.2) is 4.57 Å². The Kier molecular flexibility index (Phi) is 5.67. The van der Waals surface area contributed by atoms with Crippen LogP contribution in [-0.2, 0) is 0 Å². The summed E-state index contributed by atoms with van der Waals surface area (Å²) in [5.41, 5.74) is 11.5. The highest BCUT2D eigenvalue weighted by molar-refractivity contribution is 6.07. The molecule has 1 aliphatic carbocycles. The third kappa shape index (κ3) is 3.97. The Morgan fingerprint density at radius 3 is 2.51 bits per heavy atom. The fraction of sp³-hybridized carbons (Fsp3) is 0.0811. The number of nitrogens with zero attached hydrogens (tertiary/aromatic N) is 1. The zero-order valence-electron chi connectivity index (χ0n) is 22.0. The fourth-order valence-corrected chi connectivity index (χ4v) is 5.92. The van der Waals surface area contributed by atoms with Crippen LogP contribution in [0.4, 0.5) is 0 Å². The van der Waals surface area contributed by atoms with Crippen LogP contribution >= 0.6 is 0 Å². The molecule has 0 amide bonds. The van der Waals surface area contributed by atoms with Crippen LogP contribution in [0.1, 0.15) is 35.2 Å². The molecule has 6 aromatic rings. The van der Waals surface area contributed by atoms with Gasteiger partial charge in [-0.2, -0.15) is 0 Å². The third-order valence-electron chi connectivity index (χ3n) is 7.88. The first-order chi connectivity index (χ1) is 19.2. The smallest absolute Gasteiger partial charge is 0.135 e. The Hall–Kier alpha value is -4.82. The molecule has 0 fully saturated rings. The Labute approximate surface area is 228 Å². The van der Waals surface area contributed by atoms with Gasteiger partial charge in [0.05, 0.1) is 5.52 Å². The normalized spacial score (nSPS) is 13.9. The minimum Gasteiger partial charge on any atom is -0.456 e. The highest BCUT2D eigenvalue weighted by Crippen LogP contribution is 2.36. The van der Waals surface area contributed by atoms with Crippen molar-refractivity contribution in [2.75, 3.05) is 0 Å². The minimum absolute atomic E-state index is 0.902. The molecule has 7 rings (SSSR count). The van der Waals surface area contributed by atoms with Crippen molar-refractivity contribution in [3.63, 3.8) is 0 Å². The Bertz CT molecular complexity index is 1990. The maximum atomic E-state index is 6.07. The number of aromatic nitrogens is 1. The first-order valence-corrected chi connectivity index (χ1v) is 13.5. The molecular weight excluding hydrogens is 474 g/mol. The standard InChI is InChI=1S/C37H29NO/c1-3-26(29-20-21-37-34(24-29)32-17-8-10-19-36(32)39-37)23-33-25(2)38(35-18-9-7-16-31(33)35)30-15-11-14-28(22-30)27-12-5-4-6-13-27/h3-5,7-12,14-24H,1,6,13H2,2H3. The molecule has 0 unspecified atom stereocenters. The number of para-hydroxylation sites is 2. The number of hydrogen-bond acceptors (Lipinski definition) is 1. The molecular formula is C37H29NO. The second-order valence-electron chi connectivity index (χ2n) is 10.2. The van der Waals surface area contributed by atoms with Crippen molar-refractivity contribution in [2.24, 2.45) is 0 Å². The van der Waals surface area contributed by atoms with Crippen molar-refractivity contribution in [1.29, 1.82) is 0 Å². The molecule has 0 saturated carbocycles. The molecule has 0 spiro atoms. The van der Waals surface area contributed by atoms with Gasteiger partial charge in [0, 0.05) is 33.1 Å². The fourth-order valence-electron chi connectivity index (χ4n) is 5.92. The van der Waals surface area contributed by atoms with E-state index in [9.17, 15) is 0 Å². The first kappa shape index (κ1) is 23.3. The number of allylic oxidation sites excluding steroid dienone is 6. The predicted octanol–water partition coefficient (Wildman–Crippen LogP) is 10.3. The van der Waals surface area contributed by atoms with Crippen LogP contribution in [0.5, 0.6) is 0 Å². The van der Waals surface area contributed by atoms with Crippen LogP contribution < -0.4 is 0 Å². The topological polar surface area (TPSA) is 18.1 Å². The lowest BCUT2D eigenvalue weighted by molar-refractivity contribution is 0.669. The molecule has 2 nitrogen and oxygen atoms in total. The Morgan fingerprint density at radius 2 is 1.67 bits per heavy atom. The van der Waals surface area contributed by atoms with Gasteiger partial charge in [-0.25, -0.2) is 0 Å². The second-order valence-corrected chi connectivity index (χ2v) is 10.2. The van der Waals surface area contributed by atoms with Gasteiger partial charge < -0.3 is 8.98 Å². The minimum atomic E-state index is 0.902. The molecule has 0 atom stereocenters. The zero-order chi connectivity index (χ0) is 26.3. The molecule has 0 aliphatic heterocycles. The van der Waals surface area contributed by atoms with Crippen LogP contribution in [0, 0.1) is 6.92 Å². The van der Waals surface area contributed by atoms with E-state index in [4.69, 9.17) is 4.42 Å². The van der Waals surface area contributed by atoms with Crippen molar-refractivity contribution in [3.05, 3.63) is 144 Å². The van der Waals surface area contributed by atoms with Crippen molar-refractivity contribution < 1.29 is 4.42 Å². The molecule has 2 heteroatoms. The van der Waals surface area contributed by atoms with E-state index >= 15 is 0 Å². The number of furan rings is 1. The SMILES string of the molecule is C=CC(=Cc1c(C)n(-c2cccc(C3=CC=CCC3)c2)c2ccccc12)c1ccc2oc3ccccc3c2c1. The molecule has 39 heavy (non-hydrogen) atoms. The van der Waals surface area contributed by atoms with Gasteiger partial charge in [0.1, 0.15) is 11.2 Å². The van der Waals surface area contributed by atoms with Crippen LogP contribution in [0.3, 0.4) is 0 Å². The number of rotatable bonds is 5. The quantitative estimate of drug-likeness (QED) is 0.214.